The molecular formula is C15H19N3O. The first-order chi connectivity index (χ1) is 9.24. The largest absolute Gasteiger partial charge is 0.497 e. The van der Waals surface area contributed by atoms with Crippen molar-refractivity contribution in [2.24, 2.45) is 0 Å². The quantitative estimate of drug-likeness (QED) is 0.916. The van der Waals surface area contributed by atoms with Crippen LogP contribution in [0.5, 0.6) is 5.75 Å². The molecule has 100 valence electrons. The lowest BCUT2D eigenvalue weighted by atomic mass is 10.1. The first kappa shape index (κ1) is 12.2. The number of likely N-dealkylation sites (N-methyl/N-ethyl adjacent to an activating group) is 1. The van der Waals surface area contributed by atoms with Gasteiger partial charge in [0.2, 0.25) is 0 Å². The monoisotopic (exact) mass is 257 g/mol. The smallest absolute Gasteiger partial charge is 0.119 e. The van der Waals surface area contributed by atoms with Crippen LogP contribution in [-0.2, 0) is 6.42 Å². The van der Waals surface area contributed by atoms with Gasteiger partial charge in [0.25, 0.3) is 0 Å². The van der Waals surface area contributed by atoms with Crippen molar-refractivity contribution in [1.82, 2.24) is 14.9 Å². The number of aromatic nitrogens is 2. The molecule has 1 aromatic heterocycles. The number of rotatable bonds is 3. The van der Waals surface area contributed by atoms with Gasteiger partial charge in [0.05, 0.1) is 19.2 Å². The maximum Gasteiger partial charge on any atom is 0.119 e. The highest BCUT2D eigenvalue weighted by atomic mass is 16.5. The third kappa shape index (κ3) is 1.92. The van der Waals surface area contributed by atoms with Crippen LogP contribution in [-0.4, -0.2) is 23.7 Å². The van der Waals surface area contributed by atoms with Gasteiger partial charge in [-0.25, -0.2) is 4.98 Å². The van der Waals surface area contributed by atoms with Crippen molar-refractivity contribution in [3.8, 4) is 5.75 Å². The van der Waals surface area contributed by atoms with Gasteiger partial charge >= 0.3 is 0 Å². The van der Waals surface area contributed by atoms with Gasteiger partial charge in [-0.1, -0.05) is 6.07 Å². The third-order valence-electron chi connectivity index (χ3n) is 4.03. The van der Waals surface area contributed by atoms with Gasteiger partial charge in [-0.05, 0) is 43.7 Å². The maximum atomic E-state index is 5.34. The summed E-state index contributed by atoms with van der Waals surface area (Å²) in [6.45, 7) is 2.05. The normalized spacial score (nSPS) is 21.4. The Balaban J connectivity index is 2.02. The summed E-state index contributed by atoms with van der Waals surface area (Å²) in [5, 5.41) is 3.43. The summed E-state index contributed by atoms with van der Waals surface area (Å²) in [5.41, 5.74) is 2.72. The Morgan fingerprint density at radius 3 is 2.89 bits per heavy atom. The highest BCUT2D eigenvalue weighted by molar-refractivity contribution is 5.42. The number of aryl methyl sites for hydroxylation is 1. The zero-order chi connectivity index (χ0) is 13.4. The van der Waals surface area contributed by atoms with E-state index >= 15 is 0 Å². The van der Waals surface area contributed by atoms with Gasteiger partial charge in [-0.2, -0.15) is 0 Å². The van der Waals surface area contributed by atoms with E-state index in [2.05, 4.69) is 40.1 Å². The summed E-state index contributed by atoms with van der Waals surface area (Å²) in [6.07, 6.45) is 4.96. The number of benzene rings is 1. The van der Waals surface area contributed by atoms with Crippen molar-refractivity contribution < 1.29 is 4.74 Å². The molecule has 1 N–H and O–H groups in total. The Morgan fingerprint density at radius 2 is 2.26 bits per heavy atom. The second-order valence-electron chi connectivity index (χ2n) is 4.98. The Hall–Kier alpha value is -1.81. The van der Waals surface area contributed by atoms with Gasteiger partial charge in [0.15, 0.2) is 0 Å². The van der Waals surface area contributed by atoms with Crippen LogP contribution in [0.25, 0.3) is 0 Å². The second-order valence-corrected chi connectivity index (χ2v) is 4.98. The Bertz CT molecular complexity index is 591. The summed E-state index contributed by atoms with van der Waals surface area (Å²) >= 11 is 0. The number of hydrogen-bond donors (Lipinski definition) is 1. The summed E-state index contributed by atoms with van der Waals surface area (Å²) in [5.74, 6) is 1.98. The molecular weight excluding hydrogens is 238 g/mol. The van der Waals surface area contributed by atoms with E-state index in [1.807, 2.05) is 19.3 Å². The van der Waals surface area contributed by atoms with Crippen LogP contribution >= 0.6 is 0 Å². The minimum absolute atomic E-state index is 0.304. The van der Waals surface area contributed by atoms with E-state index in [0.29, 0.717) is 12.1 Å². The lowest BCUT2D eigenvalue weighted by Crippen LogP contribution is -2.24. The van der Waals surface area contributed by atoms with Gasteiger partial charge in [-0.3, -0.25) is 0 Å². The van der Waals surface area contributed by atoms with Crippen molar-refractivity contribution in [1.29, 1.82) is 0 Å². The van der Waals surface area contributed by atoms with Crippen LogP contribution in [0.3, 0.4) is 0 Å². The molecule has 0 fully saturated rings. The summed E-state index contributed by atoms with van der Waals surface area (Å²) in [4.78, 5) is 4.34. The lowest BCUT2D eigenvalue weighted by Gasteiger charge is -2.22. The molecule has 2 atom stereocenters. The van der Waals surface area contributed by atoms with Crippen LogP contribution in [0.2, 0.25) is 0 Å². The van der Waals surface area contributed by atoms with Gasteiger partial charge in [0.1, 0.15) is 11.6 Å². The highest BCUT2D eigenvalue weighted by Gasteiger charge is 2.33. The topological polar surface area (TPSA) is 39.1 Å². The standard InChI is InChI=1S/C15H19N3O/c1-10-17-6-7-18(10)14-8-11-4-5-12(19-3)9-13(11)15(14)16-2/h4-7,9,14-16H,8H2,1-3H3. The molecule has 0 radical (unpaired) electrons. The molecule has 4 nitrogen and oxygen atoms in total. The van der Waals surface area contributed by atoms with Crippen molar-refractivity contribution in [3.63, 3.8) is 0 Å². The van der Waals surface area contributed by atoms with E-state index in [1.165, 1.54) is 11.1 Å². The van der Waals surface area contributed by atoms with E-state index in [0.717, 1.165) is 18.0 Å². The Kier molecular flexibility index (Phi) is 3.03. The fraction of sp³-hybridized carbons (Fsp3) is 0.400. The second kappa shape index (κ2) is 4.70. The van der Waals surface area contributed by atoms with Crippen LogP contribution in [0, 0.1) is 6.92 Å². The molecule has 2 unspecified atom stereocenters. The van der Waals surface area contributed by atoms with Crippen LogP contribution in [0.1, 0.15) is 29.0 Å². The molecule has 0 aliphatic heterocycles. The number of ether oxygens (including phenoxy) is 1. The average Bonchev–Trinajstić information content (AvgIpc) is 3.00. The molecule has 1 aliphatic rings. The zero-order valence-corrected chi connectivity index (χ0v) is 11.6. The average molecular weight is 257 g/mol. The summed E-state index contributed by atoms with van der Waals surface area (Å²) in [6, 6.07) is 7.04. The van der Waals surface area contributed by atoms with E-state index in [1.54, 1.807) is 7.11 Å². The number of methoxy groups -OCH3 is 1. The highest BCUT2D eigenvalue weighted by Crippen LogP contribution is 2.40. The zero-order valence-electron chi connectivity index (χ0n) is 11.6. The first-order valence-electron chi connectivity index (χ1n) is 6.58. The Labute approximate surface area is 113 Å². The molecule has 1 heterocycles. The molecule has 0 amide bonds. The molecule has 0 saturated carbocycles. The molecule has 1 aromatic carbocycles. The van der Waals surface area contributed by atoms with Crippen molar-refractivity contribution >= 4 is 0 Å². The predicted molar refractivity (Wildman–Crippen MR) is 74.5 cm³/mol. The van der Waals surface area contributed by atoms with Crippen LogP contribution in [0.15, 0.2) is 30.6 Å². The summed E-state index contributed by atoms with van der Waals surface area (Å²) in [7, 11) is 3.72. The summed E-state index contributed by atoms with van der Waals surface area (Å²) < 4.78 is 7.59. The fourth-order valence-electron chi connectivity index (χ4n) is 3.07. The number of nitrogens with zero attached hydrogens (tertiary/aromatic N) is 2. The predicted octanol–water partition coefficient (Wildman–Crippen LogP) is 2.26. The minimum Gasteiger partial charge on any atom is -0.497 e. The number of imidazole rings is 1. The van der Waals surface area contributed by atoms with Gasteiger partial charge in [-0.15, -0.1) is 0 Å². The first-order valence-corrected chi connectivity index (χ1v) is 6.58. The van der Waals surface area contributed by atoms with E-state index < -0.39 is 0 Å². The number of nitrogens with one attached hydrogen (secondary N) is 1. The molecule has 0 saturated heterocycles. The van der Waals surface area contributed by atoms with Crippen molar-refractivity contribution in [2.75, 3.05) is 14.2 Å². The number of hydrogen-bond acceptors (Lipinski definition) is 3. The molecule has 3 rings (SSSR count). The van der Waals surface area contributed by atoms with E-state index in [4.69, 9.17) is 4.74 Å². The van der Waals surface area contributed by atoms with Gasteiger partial charge < -0.3 is 14.6 Å². The minimum atomic E-state index is 0.304. The third-order valence-corrected chi connectivity index (χ3v) is 4.03. The molecule has 19 heavy (non-hydrogen) atoms. The molecule has 2 aromatic rings. The lowest BCUT2D eigenvalue weighted by molar-refractivity contribution is 0.392. The fourth-order valence-corrected chi connectivity index (χ4v) is 3.07. The molecule has 0 bridgehead atoms. The van der Waals surface area contributed by atoms with Crippen molar-refractivity contribution in [3.05, 3.63) is 47.5 Å². The molecule has 0 spiro atoms. The van der Waals surface area contributed by atoms with E-state index in [9.17, 15) is 0 Å². The molecule has 4 heteroatoms. The molecule has 1 aliphatic carbocycles. The van der Waals surface area contributed by atoms with E-state index in [-0.39, 0.29) is 0 Å². The van der Waals surface area contributed by atoms with Crippen molar-refractivity contribution in [2.45, 2.75) is 25.4 Å². The SMILES string of the molecule is CNC1c2cc(OC)ccc2CC1n1ccnc1C. The van der Waals surface area contributed by atoms with Gasteiger partial charge in [0, 0.05) is 12.4 Å². The van der Waals surface area contributed by atoms with Crippen LogP contribution < -0.4 is 10.1 Å². The Morgan fingerprint density at radius 1 is 1.42 bits per heavy atom. The van der Waals surface area contributed by atoms with Crippen LogP contribution in [0.4, 0.5) is 0 Å². The number of fused-ring (bicyclic) bond motifs is 1. The maximum absolute atomic E-state index is 5.34.